The molecule has 0 bridgehead atoms. The van der Waals surface area contributed by atoms with Gasteiger partial charge in [0.2, 0.25) is 5.75 Å². The van der Waals surface area contributed by atoms with Crippen LogP contribution < -0.4 is 10.3 Å². The van der Waals surface area contributed by atoms with Crippen LogP contribution in [0.3, 0.4) is 0 Å². The molecule has 5 heteroatoms. The minimum atomic E-state index is -0.239. The number of hydrogen-bond acceptors (Lipinski definition) is 3. The minimum absolute atomic E-state index is 0.220. The fourth-order valence-electron chi connectivity index (χ4n) is 2.33. The number of aromatic amines is 1. The van der Waals surface area contributed by atoms with Crippen molar-refractivity contribution in [3.8, 4) is 11.5 Å². The average Bonchev–Trinajstić information content (AvgIpc) is 3.21. The zero-order chi connectivity index (χ0) is 13.5. The van der Waals surface area contributed by atoms with Crippen LogP contribution in [0, 0.1) is 0 Å². The summed E-state index contributed by atoms with van der Waals surface area (Å²) in [5.74, 6) is 1.56. The van der Waals surface area contributed by atoms with Gasteiger partial charge in [0.1, 0.15) is 5.75 Å². The standard InChI is InChI=1S/C15H13N3O2/c19-15-13(9-16-14-6-7-17-18(14)15)20-12-3-1-2-11(8-12)10-4-5-10/h1-3,6-10,17H,4-5H2. The van der Waals surface area contributed by atoms with Gasteiger partial charge in [0.15, 0.2) is 5.65 Å². The quantitative estimate of drug-likeness (QED) is 0.793. The molecule has 1 N–H and O–H groups in total. The summed E-state index contributed by atoms with van der Waals surface area (Å²) < 4.78 is 7.05. The van der Waals surface area contributed by atoms with Crippen molar-refractivity contribution in [3.05, 3.63) is 58.6 Å². The number of H-pyrrole nitrogens is 1. The first kappa shape index (κ1) is 11.3. The van der Waals surface area contributed by atoms with Gasteiger partial charge in [-0.15, -0.1) is 0 Å². The molecule has 0 radical (unpaired) electrons. The van der Waals surface area contributed by atoms with Gasteiger partial charge in [-0.25, -0.2) is 4.98 Å². The second-order valence-electron chi connectivity index (χ2n) is 5.03. The topological polar surface area (TPSA) is 59.4 Å². The van der Waals surface area contributed by atoms with E-state index in [2.05, 4.69) is 16.1 Å². The predicted molar refractivity (Wildman–Crippen MR) is 74.3 cm³/mol. The van der Waals surface area contributed by atoms with Crippen molar-refractivity contribution in [1.29, 1.82) is 0 Å². The van der Waals surface area contributed by atoms with E-state index < -0.39 is 0 Å². The number of nitrogens with one attached hydrogen (secondary N) is 1. The Morgan fingerprint density at radius 1 is 1.30 bits per heavy atom. The van der Waals surface area contributed by atoms with Crippen molar-refractivity contribution in [2.45, 2.75) is 18.8 Å². The number of ether oxygens (including phenoxy) is 1. The molecular weight excluding hydrogens is 254 g/mol. The van der Waals surface area contributed by atoms with Gasteiger partial charge in [-0.1, -0.05) is 12.1 Å². The lowest BCUT2D eigenvalue weighted by molar-refractivity contribution is 0.468. The van der Waals surface area contributed by atoms with E-state index in [0.29, 0.717) is 17.3 Å². The number of fused-ring (bicyclic) bond motifs is 1. The van der Waals surface area contributed by atoms with Gasteiger partial charge in [-0.3, -0.25) is 9.89 Å². The van der Waals surface area contributed by atoms with E-state index in [1.807, 2.05) is 18.2 Å². The Hall–Kier alpha value is -2.56. The van der Waals surface area contributed by atoms with Crippen molar-refractivity contribution in [1.82, 2.24) is 14.6 Å². The molecule has 5 nitrogen and oxygen atoms in total. The van der Waals surface area contributed by atoms with E-state index in [-0.39, 0.29) is 11.3 Å². The van der Waals surface area contributed by atoms with E-state index in [9.17, 15) is 4.79 Å². The van der Waals surface area contributed by atoms with Crippen molar-refractivity contribution < 1.29 is 4.74 Å². The molecule has 1 fully saturated rings. The largest absolute Gasteiger partial charge is 0.450 e. The van der Waals surface area contributed by atoms with Crippen LogP contribution in [0.4, 0.5) is 0 Å². The number of aromatic nitrogens is 3. The van der Waals surface area contributed by atoms with E-state index in [4.69, 9.17) is 4.74 Å². The van der Waals surface area contributed by atoms with E-state index in [1.54, 1.807) is 12.3 Å². The van der Waals surface area contributed by atoms with Crippen LogP contribution in [0.2, 0.25) is 0 Å². The predicted octanol–water partition coefficient (Wildman–Crippen LogP) is 2.69. The summed E-state index contributed by atoms with van der Waals surface area (Å²) in [7, 11) is 0. The van der Waals surface area contributed by atoms with Crippen molar-refractivity contribution >= 4 is 5.65 Å². The van der Waals surface area contributed by atoms with Gasteiger partial charge in [-0.2, -0.15) is 4.52 Å². The number of nitrogens with zero attached hydrogens (tertiary/aromatic N) is 2. The molecule has 20 heavy (non-hydrogen) atoms. The summed E-state index contributed by atoms with van der Waals surface area (Å²) in [6, 6.07) is 9.65. The van der Waals surface area contributed by atoms with Gasteiger partial charge in [0, 0.05) is 12.3 Å². The summed E-state index contributed by atoms with van der Waals surface area (Å²) in [4.78, 5) is 16.4. The van der Waals surface area contributed by atoms with Crippen LogP contribution in [0.25, 0.3) is 5.65 Å². The molecule has 1 aromatic carbocycles. The Labute approximate surface area is 114 Å². The maximum Gasteiger partial charge on any atom is 0.315 e. The average molecular weight is 267 g/mol. The van der Waals surface area contributed by atoms with Crippen LogP contribution >= 0.6 is 0 Å². The highest BCUT2D eigenvalue weighted by atomic mass is 16.5. The third-order valence-corrected chi connectivity index (χ3v) is 3.53. The van der Waals surface area contributed by atoms with Crippen LogP contribution in [-0.2, 0) is 0 Å². The van der Waals surface area contributed by atoms with Crippen LogP contribution in [0.1, 0.15) is 24.3 Å². The summed E-state index contributed by atoms with van der Waals surface area (Å²) in [6.07, 6.45) is 5.61. The molecular formula is C15H13N3O2. The van der Waals surface area contributed by atoms with Crippen molar-refractivity contribution in [2.75, 3.05) is 0 Å². The molecule has 0 atom stereocenters. The lowest BCUT2D eigenvalue weighted by Crippen LogP contribution is -2.16. The molecule has 2 heterocycles. The number of hydrogen-bond donors (Lipinski definition) is 1. The second-order valence-corrected chi connectivity index (χ2v) is 5.03. The summed E-state index contributed by atoms with van der Waals surface area (Å²) in [6.45, 7) is 0. The molecule has 4 rings (SSSR count). The molecule has 3 aromatic rings. The monoisotopic (exact) mass is 267 g/mol. The second kappa shape index (κ2) is 4.23. The molecule has 100 valence electrons. The van der Waals surface area contributed by atoms with E-state index >= 15 is 0 Å². The Bertz CT molecular complexity index is 830. The fraction of sp³-hybridized carbons (Fsp3) is 0.200. The van der Waals surface area contributed by atoms with Gasteiger partial charge in [0.25, 0.3) is 0 Å². The lowest BCUT2D eigenvalue weighted by Gasteiger charge is -2.06. The Balaban J connectivity index is 1.71. The summed E-state index contributed by atoms with van der Waals surface area (Å²) >= 11 is 0. The Morgan fingerprint density at radius 2 is 2.20 bits per heavy atom. The normalized spacial score (nSPS) is 14.6. The maximum atomic E-state index is 12.2. The first-order chi connectivity index (χ1) is 9.81. The molecule has 0 aliphatic heterocycles. The third kappa shape index (κ3) is 1.87. The molecule has 1 aliphatic rings. The molecule has 0 unspecified atom stereocenters. The molecule has 1 saturated carbocycles. The highest BCUT2D eigenvalue weighted by molar-refractivity contribution is 5.40. The molecule has 1 aliphatic carbocycles. The minimum Gasteiger partial charge on any atom is -0.450 e. The molecule has 0 amide bonds. The fourth-order valence-corrected chi connectivity index (χ4v) is 2.33. The number of benzene rings is 1. The van der Waals surface area contributed by atoms with Gasteiger partial charge in [-0.05, 0) is 36.5 Å². The Kier molecular flexibility index (Phi) is 2.39. The zero-order valence-electron chi connectivity index (χ0n) is 10.7. The summed E-state index contributed by atoms with van der Waals surface area (Å²) in [5, 5.41) is 2.82. The number of rotatable bonds is 3. The zero-order valence-corrected chi connectivity index (χ0v) is 10.7. The highest BCUT2D eigenvalue weighted by Crippen LogP contribution is 2.41. The Morgan fingerprint density at radius 3 is 3.05 bits per heavy atom. The lowest BCUT2D eigenvalue weighted by atomic mass is 10.1. The van der Waals surface area contributed by atoms with Crippen LogP contribution in [0.15, 0.2) is 47.5 Å². The van der Waals surface area contributed by atoms with Gasteiger partial charge < -0.3 is 4.74 Å². The molecule has 0 spiro atoms. The van der Waals surface area contributed by atoms with Crippen molar-refractivity contribution in [3.63, 3.8) is 0 Å². The van der Waals surface area contributed by atoms with Gasteiger partial charge >= 0.3 is 5.56 Å². The SMILES string of the molecule is O=c1c(Oc2cccc(C3CC3)c2)cnc2cc[nH]n12. The van der Waals surface area contributed by atoms with E-state index in [0.717, 1.165) is 0 Å². The molecule has 0 saturated heterocycles. The first-order valence-corrected chi connectivity index (χ1v) is 6.64. The van der Waals surface area contributed by atoms with Gasteiger partial charge in [0.05, 0.1) is 6.20 Å². The van der Waals surface area contributed by atoms with Crippen LogP contribution in [-0.4, -0.2) is 14.6 Å². The first-order valence-electron chi connectivity index (χ1n) is 6.64. The van der Waals surface area contributed by atoms with Crippen molar-refractivity contribution in [2.24, 2.45) is 0 Å². The van der Waals surface area contributed by atoms with E-state index in [1.165, 1.54) is 29.1 Å². The third-order valence-electron chi connectivity index (χ3n) is 3.53. The molecule has 2 aromatic heterocycles. The van der Waals surface area contributed by atoms with Crippen LogP contribution in [0.5, 0.6) is 11.5 Å². The summed E-state index contributed by atoms with van der Waals surface area (Å²) in [5.41, 5.74) is 1.61. The highest BCUT2D eigenvalue weighted by Gasteiger charge is 2.23. The smallest absolute Gasteiger partial charge is 0.315 e. The maximum absolute atomic E-state index is 12.2.